The van der Waals surface area contributed by atoms with Crippen LogP contribution in [0.3, 0.4) is 0 Å². The lowest BCUT2D eigenvalue weighted by atomic mass is 10.0. The van der Waals surface area contributed by atoms with Gasteiger partial charge >= 0.3 is 11.6 Å². The van der Waals surface area contributed by atoms with Gasteiger partial charge < -0.3 is 29.3 Å². The maximum absolute atomic E-state index is 12.8. The van der Waals surface area contributed by atoms with E-state index in [1.54, 1.807) is 24.3 Å². The summed E-state index contributed by atoms with van der Waals surface area (Å²) in [6.07, 6.45) is 4.10. The molecule has 0 aliphatic heterocycles. The van der Waals surface area contributed by atoms with Crippen LogP contribution in [0.25, 0.3) is 11.0 Å². The van der Waals surface area contributed by atoms with Crippen molar-refractivity contribution in [1.29, 1.82) is 0 Å². The van der Waals surface area contributed by atoms with Crippen molar-refractivity contribution in [2.75, 3.05) is 24.2 Å². The van der Waals surface area contributed by atoms with E-state index in [2.05, 4.69) is 35.9 Å². The molecule has 0 saturated carbocycles. The first kappa shape index (κ1) is 27.7. The Morgan fingerprint density at radius 3 is 2.20 bits per heavy atom. The zero-order chi connectivity index (χ0) is 28.3. The fourth-order valence-corrected chi connectivity index (χ4v) is 3.77. The molecular weight excluding hydrogens is 512 g/mol. The average molecular weight is 541 g/mol. The Morgan fingerprint density at radius 2 is 1.55 bits per heavy atom. The van der Waals surface area contributed by atoms with Crippen LogP contribution in [0, 0.1) is 0 Å². The summed E-state index contributed by atoms with van der Waals surface area (Å²) >= 11 is 0. The predicted molar refractivity (Wildman–Crippen MR) is 152 cm³/mol. The van der Waals surface area contributed by atoms with Crippen LogP contribution < -0.4 is 21.0 Å². The lowest BCUT2D eigenvalue weighted by Gasteiger charge is -2.09. The van der Waals surface area contributed by atoms with Crippen LogP contribution in [0.1, 0.15) is 21.5 Å². The van der Waals surface area contributed by atoms with E-state index in [0.29, 0.717) is 23.6 Å². The molecule has 1 amide bonds. The second-order valence-corrected chi connectivity index (χ2v) is 8.58. The standard InChI is InChI=1S/C31H28N2O7/c1-3-29(34)39-20-38-26-16-11-23-17-27(31(36)40-28(23)18-26)30(35)33-25-14-9-22(10-15-25)6-5-21-7-12-24(13-8-21)32-19-37-4-2/h3-4,7-18,32H,1-2,5-6,19-20H2,(H,33,35). The number of ether oxygens (including phenoxy) is 3. The number of benzene rings is 3. The fourth-order valence-electron chi connectivity index (χ4n) is 3.77. The number of amides is 1. The topological polar surface area (TPSA) is 116 Å². The highest BCUT2D eigenvalue weighted by molar-refractivity contribution is 6.05. The largest absolute Gasteiger partial charge is 0.482 e. The lowest BCUT2D eigenvalue weighted by Crippen LogP contribution is -2.20. The van der Waals surface area contributed by atoms with Gasteiger partial charge in [0, 0.05) is 28.9 Å². The van der Waals surface area contributed by atoms with Crippen molar-refractivity contribution in [3.05, 3.63) is 125 Å². The molecule has 0 radical (unpaired) electrons. The second kappa shape index (κ2) is 13.5. The smallest absolute Gasteiger partial charge is 0.349 e. The summed E-state index contributed by atoms with van der Waals surface area (Å²) in [6, 6.07) is 21.8. The summed E-state index contributed by atoms with van der Waals surface area (Å²) in [5.41, 5.74) is 3.15. The minimum Gasteiger partial charge on any atom is -0.482 e. The van der Waals surface area contributed by atoms with E-state index in [4.69, 9.17) is 18.6 Å². The number of aryl methyl sites for hydroxylation is 2. The van der Waals surface area contributed by atoms with Crippen LogP contribution in [0.4, 0.5) is 11.4 Å². The van der Waals surface area contributed by atoms with Crippen LogP contribution >= 0.6 is 0 Å². The van der Waals surface area contributed by atoms with Crippen LogP contribution in [0.15, 0.2) is 108 Å². The van der Waals surface area contributed by atoms with Gasteiger partial charge in [0.2, 0.25) is 6.79 Å². The molecule has 9 nitrogen and oxygen atoms in total. The molecule has 40 heavy (non-hydrogen) atoms. The number of nitrogens with one attached hydrogen (secondary N) is 2. The van der Waals surface area contributed by atoms with Gasteiger partial charge in [-0.15, -0.1) is 0 Å². The fraction of sp³-hybridized carbons (Fsp3) is 0.129. The Bertz CT molecular complexity index is 1560. The molecule has 2 N–H and O–H groups in total. The number of rotatable bonds is 13. The Morgan fingerprint density at radius 1 is 0.875 bits per heavy atom. The number of carbonyl (C=O) groups is 2. The van der Waals surface area contributed by atoms with E-state index in [1.807, 2.05) is 24.3 Å². The van der Waals surface area contributed by atoms with Crippen molar-refractivity contribution in [2.24, 2.45) is 0 Å². The van der Waals surface area contributed by atoms with E-state index in [-0.39, 0.29) is 17.9 Å². The van der Waals surface area contributed by atoms with E-state index in [9.17, 15) is 14.4 Å². The highest BCUT2D eigenvalue weighted by Gasteiger charge is 2.15. The van der Waals surface area contributed by atoms with Gasteiger partial charge in [0.05, 0.1) is 6.26 Å². The minimum absolute atomic E-state index is 0.126. The van der Waals surface area contributed by atoms with Crippen LogP contribution in [-0.2, 0) is 27.1 Å². The van der Waals surface area contributed by atoms with E-state index in [1.165, 1.54) is 24.0 Å². The molecule has 4 aromatic rings. The van der Waals surface area contributed by atoms with E-state index >= 15 is 0 Å². The summed E-state index contributed by atoms with van der Waals surface area (Å²) in [5, 5.41) is 6.41. The molecular formula is C31H28N2O7. The maximum atomic E-state index is 12.8. The van der Waals surface area contributed by atoms with Gasteiger partial charge in [0.25, 0.3) is 5.91 Å². The first-order chi connectivity index (χ1) is 19.4. The van der Waals surface area contributed by atoms with Crippen LogP contribution in [0.5, 0.6) is 5.75 Å². The van der Waals surface area contributed by atoms with Gasteiger partial charge in [0.15, 0.2) is 6.73 Å². The molecule has 0 spiro atoms. The molecule has 0 atom stereocenters. The summed E-state index contributed by atoms with van der Waals surface area (Å²) in [7, 11) is 0. The normalized spacial score (nSPS) is 10.4. The van der Waals surface area contributed by atoms with Crippen molar-refractivity contribution in [1.82, 2.24) is 0 Å². The monoisotopic (exact) mass is 540 g/mol. The van der Waals surface area contributed by atoms with Gasteiger partial charge in [-0.3, -0.25) is 4.79 Å². The Hall–Kier alpha value is -5.31. The van der Waals surface area contributed by atoms with Gasteiger partial charge in [-0.2, -0.15) is 0 Å². The molecule has 0 aliphatic rings. The van der Waals surface area contributed by atoms with Crippen molar-refractivity contribution >= 4 is 34.2 Å². The number of fused-ring (bicyclic) bond motifs is 1. The SMILES string of the molecule is C=COCNc1ccc(CCc2ccc(NC(=O)c3cc4ccc(OCOC(=O)C=C)cc4oc3=O)cc2)cc1. The van der Waals surface area contributed by atoms with Crippen molar-refractivity contribution in [3.8, 4) is 5.75 Å². The maximum Gasteiger partial charge on any atom is 0.349 e. The highest BCUT2D eigenvalue weighted by atomic mass is 16.7. The number of esters is 1. The number of hydrogen-bond acceptors (Lipinski definition) is 8. The molecule has 0 fully saturated rings. The molecule has 3 aromatic carbocycles. The molecule has 0 unspecified atom stereocenters. The molecule has 204 valence electrons. The third kappa shape index (κ3) is 7.61. The van der Waals surface area contributed by atoms with Crippen molar-refractivity contribution in [3.63, 3.8) is 0 Å². The summed E-state index contributed by atoms with van der Waals surface area (Å²) in [6.45, 7) is 6.85. The number of hydrogen-bond donors (Lipinski definition) is 2. The average Bonchev–Trinajstić information content (AvgIpc) is 2.97. The number of anilines is 2. The predicted octanol–water partition coefficient (Wildman–Crippen LogP) is 5.43. The second-order valence-electron chi connectivity index (χ2n) is 8.58. The highest BCUT2D eigenvalue weighted by Crippen LogP contribution is 2.21. The Kier molecular flexibility index (Phi) is 9.34. The summed E-state index contributed by atoms with van der Waals surface area (Å²) in [5.74, 6) is -0.871. The van der Waals surface area contributed by atoms with Crippen molar-refractivity contribution < 1.29 is 28.2 Å². The van der Waals surface area contributed by atoms with Gasteiger partial charge in [0.1, 0.15) is 16.9 Å². The third-order valence-electron chi connectivity index (χ3n) is 5.89. The van der Waals surface area contributed by atoms with E-state index < -0.39 is 17.5 Å². The number of carbonyl (C=O) groups excluding carboxylic acids is 2. The summed E-state index contributed by atoms with van der Waals surface area (Å²) < 4.78 is 20.5. The quantitative estimate of drug-likeness (QED) is 0.0576. The van der Waals surface area contributed by atoms with Gasteiger partial charge in [-0.25, -0.2) is 9.59 Å². The molecule has 0 aliphatic carbocycles. The first-order valence-electron chi connectivity index (χ1n) is 12.4. The minimum atomic E-state index is -0.786. The first-order valence-corrected chi connectivity index (χ1v) is 12.4. The molecule has 4 rings (SSSR count). The molecule has 9 heteroatoms. The Labute approximate surface area is 230 Å². The molecule has 0 saturated heterocycles. The van der Waals surface area contributed by atoms with Crippen LogP contribution in [0.2, 0.25) is 0 Å². The zero-order valence-corrected chi connectivity index (χ0v) is 21.7. The molecule has 0 bridgehead atoms. The van der Waals surface area contributed by atoms with Crippen molar-refractivity contribution in [2.45, 2.75) is 12.8 Å². The zero-order valence-electron chi connectivity index (χ0n) is 21.7. The summed E-state index contributed by atoms with van der Waals surface area (Å²) in [4.78, 5) is 36.4. The Balaban J connectivity index is 1.33. The van der Waals surface area contributed by atoms with E-state index in [0.717, 1.165) is 30.2 Å². The molecule has 1 heterocycles. The van der Waals surface area contributed by atoms with Crippen LogP contribution in [-0.4, -0.2) is 25.4 Å². The van der Waals surface area contributed by atoms with Gasteiger partial charge in [-0.1, -0.05) is 37.4 Å². The van der Waals surface area contributed by atoms with Gasteiger partial charge in [-0.05, 0) is 66.4 Å². The third-order valence-corrected chi connectivity index (χ3v) is 5.89. The lowest BCUT2D eigenvalue weighted by molar-refractivity contribution is -0.144. The molecule has 1 aromatic heterocycles.